The molecule has 0 spiro atoms. The lowest BCUT2D eigenvalue weighted by Crippen LogP contribution is -2.22. The Hall–Kier alpha value is -2.22. The average molecular weight is 282 g/mol. The van der Waals surface area contributed by atoms with Crippen molar-refractivity contribution in [3.63, 3.8) is 0 Å². The summed E-state index contributed by atoms with van der Waals surface area (Å²) < 4.78 is 26.9. The summed E-state index contributed by atoms with van der Waals surface area (Å²) in [6.45, 7) is 1.48. The van der Waals surface area contributed by atoms with Crippen LogP contribution in [0.1, 0.15) is 11.3 Å². The summed E-state index contributed by atoms with van der Waals surface area (Å²) in [5.74, 6) is -1.47. The topological polar surface area (TPSA) is 63.0 Å². The fourth-order valence-electron chi connectivity index (χ4n) is 1.30. The first kappa shape index (κ1) is 13.2. The molecule has 0 amide bonds. The van der Waals surface area contributed by atoms with Crippen molar-refractivity contribution in [3.05, 3.63) is 56.2 Å². The highest BCUT2D eigenvalue weighted by molar-refractivity contribution is 7.71. The number of aromatic amines is 1. The van der Waals surface area contributed by atoms with E-state index in [1.54, 1.807) is 0 Å². The molecule has 1 heterocycles. The number of nitrogens with zero attached hydrogens (tertiary/aromatic N) is 3. The maximum absolute atomic E-state index is 13.4. The second kappa shape index (κ2) is 5.19. The van der Waals surface area contributed by atoms with Crippen LogP contribution in [0.2, 0.25) is 0 Å². The van der Waals surface area contributed by atoms with Crippen molar-refractivity contribution in [2.24, 2.45) is 5.10 Å². The largest absolute Gasteiger partial charge is 0.296 e. The molecule has 0 saturated heterocycles. The molecular weight excluding hydrogens is 274 g/mol. The van der Waals surface area contributed by atoms with Crippen molar-refractivity contribution in [1.29, 1.82) is 0 Å². The van der Waals surface area contributed by atoms with Gasteiger partial charge in [0.15, 0.2) is 0 Å². The normalized spacial score (nSPS) is 11.1. The molecule has 19 heavy (non-hydrogen) atoms. The molecule has 0 unspecified atom stereocenters. The number of benzene rings is 1. The number of aromatic nitrogens is 3. The van der Waals surface area contributed by atoms with E-state index < -0.39 is 17.2 Å². The molecule has 98 valence electrons. The summed E-state index contributed by atoms with van der Waals surface area (Å²) >= 11 is 4.85. The highest BCUT2D eigenvalue weighted by Gasteiger charge is 2.03. The molecule has 0 saturated carbocycles. The third-order valence-electron chi connectivity index (χ3n) is 2.29. The molecular formula is C11H8F2N4OS. The Balaban J connectivity index is 2.47. The minimum Gasteiger partial charge on any atom is -0.265 e. The Morgan fingerprint density at radius 3 is 2.89 bits per heavy atom. The summed E-state index contributed by atoms with van der Waals surface area (Å²) in [6, 6.07) is 3.02. The minimum absolute atomic E-state index is 0.0191. The Labute approximate surface area is 111 Å². The Kier molecular flexibility index (Phi) is 3.61. The van der Waals surface area contributed by atoms with Crippen LogP contribution in [0.15, 0.2) is 28.1 Å². The van der Waals surface area contributed by atoms with Crippen molar-refractivity contribution < 1.29 is 8.78 Å². The van der Waals surface area contributed by atoms with Crippen molar-refractivity contribution in [2.45, 2.75) is 6.92 Å². The van der Waals surface area contributed by atoms with E-state index >= 15 is 0 Å². The van der Waals surface area contributed by atoms with Gasteiger partial charge in [-0.15, -0.1) is 0 Å². The van der Waals surface area contributed by atoms with Crippen LogP contribution >= 0.6 is 12.2 Å². The monoisotopic (exact) mass is 282 g/mol. The van der Waals surface area contributed by atoms with Gasteiger partial charge in [-0.25, -0.2) is 8.78 Å². The number of hydrogen-bond donors (Lipinski definition) is 1. The lowest BCUT2D eigenvalue weighted by molar-refractivity contribution is 0.582. The van der Waals surface area contributed by atoms with Crippen LogP contribution in [-0.2, 0) is 0 Å². The van der Waals surface area contributed by atoms with Crippen LogP contribution in [0, 0.1) is 23.3 Å². The maximum atomic E-state index is 13.4. The maximum Gasteiger partial charge on any atom is 0.296 e. The molecule has 1 aromatic heterocycles. The van der Waals surface area contributed by atoms with E-state index in [0.29, 0.717) is 0 Å². The van der Waals surface area contributed by atoms with Gasteiger partial charge in [0.05, 0.1) is 6.21 Å². The van der Waals surface area contributed by atoms with Crippen LogP contribution in [0.4, 0.5) is 8.78 Å². The first-order valence-corrected chi connectivity index (χ1v) is 5.57. The molecule has 1 N–H and O–H groups in total. The molecule has 0 aliphatic carbocycles. The standard InChI is InChI=1S/C11H8F2N4OS/c1-6-10(18)17(11(19)16-15-6)14-5-7-2-3-8(12)4-9(7)13/h2-5H,1H3,(H,16,19)/b14-5+. The summed E-state index contributed by atoms with van der Waals surface area (Å²) in [5, 5.41) is 9.86. The number of halogens is 2. The van der Waals surface area contributed by atoms with Gasteiger partial charge in [-0.3, -0.25) is 9.89 Å². The van der Waals surface area contributed by atoms with Crippen molar-refractivity contribution in [2.75, 3.05) is 0 Å². The summed E-state index contributed by atoms with van der Waals surface area (Å²) in [6.07, 6.45) is 1.08. The smallest absolute Gasteiger partial charge is 0.265 e. The third-order valence-corrected chi connectivity index (χ3v) is 2.55. The predicted molar refractivity (Wildman–Crippen MR) is 67.8 cm³/mol. The van der Waals surface area contributed by atoms with Crippen molar-refractivity contribution >= 4 is 18.4 Å². The zero-order chi connectivity index (χ0) is 14.0. The lowest BCUT2D eigenvalue weighted by Gasteiger charge is -2.00. The quantitative estimate of drug-likeness (QED) is 0.674. The number of aryl methyl sites for hydroxylation is 1. The summed E-state index contributed by atoms with van der Waals surface area (Å²) in [4.78, 5) is 11.7. The number of H-pyrrole nitrogens is 1. The van der Waals surface area contributed by atoms with E-state index in [2.05, 4.69) is 15.3 Å². The van der Waals surface area contributed by atoms with Gasteiger partial charge in [0.1, 0.15) is 17.3 Å². The Morgan fingerprint density at radius 1 is 1.47 bits per heavy atom. The molecule has 0 atom stereocenters. The predicted octanol–water partition coefficient (Wildman–Crippen LogP) is 1.77. The van der Waals surface area contributed by atoms with Crippen molar-refractivity contribution in [1.82, 2.24) is 14.9 Å². The second-order valence-electron chi connectivity index (χ2n) is 3.64. The second-order valence-corrected chi connectivity index (χ2v) is 4.03. The van der Waals surface area contributed by atoms with Gasteiger partial charge in [0.2, 0.25) is 4.77 Å². The highest BCUT2D eigenvalue weighted by Crippen LogP contribution is 2.07. The van der Waals surface area contributed by atoms with E-state index in [0.717, 1.165) is 23.0 Å². The van der Waals surface area contributed by atoms with Crippen LogP contribution in [0.3, 0.4) is 0 Å². The van der Waals surface area contributed by atoms with Crippen LogP contribution < -0.4 is 5.56 Å². The zero-order valence-corrected chi connectivity index (χ0v) is 10.5. The highest BCUT2D eigenvalue weighted by atomic mass is 32.1. The number of nitrogens with one attached hydrogen (secondary N) is 1. The van der Waals surface area contributed by atoms with Gasteiger partial charge in [-0.1, -0.05) is 0 Å². The van der Waals surface area contributed by atoms with Gasteiger partial charge in [-0.2, -0.15) is 14.9 Å². The van der Waals surface area contributed by atoms with Gasteiger partial charge in [0, 0.05) is 11.6 Å². The summed E-state index contributed by atoms with van der Waals surface area (Å²) in [5.41, 5.74) is -0.301. The number of rotatable bonds is 2. The molecule has 2 aromatic rings. The van der Waals surface area contributed by atoms with E-state index in [9.17, 15) is 13.6 Å². The molecule has 2 rings (SSSR count). The van der Waals surface area contributed by atoms with Crippen molar-refractivity contribution in [3.8, 4) is 0 Å². The first-order chi connectivity index (χ1) is 8.99. The molecule has 0 bridgehead atoms. The Morgan fingerprint density at radius 2 is 2.21 bits per heavy atom. The molecule has 0 fully saturated rings. The minimum atomic E-state index is -0.780. The summed E-state index contributed by atoms with van der Waals surface area (Å²) in [7, 11) is 0. The fourth-order valence-corrected chi connectivity index (χ4v) is 1.48. The van der Waals surface area contributed by atoms with Crippen LogP contribution in [-0.4, -0.2) is 21.1 Å². The molecule has 0 aliphatic heterocycles. The molecule has 0 radical (unpaired) electrons. The SMILES string of the molecule is Cc1n[nH]c(=S)n(/N=C/c2ccc(F)cc2F)c1=O. The van der Waals surface area contributed by atoms with E-state index in [1.165, 1.54) is 13.0 Å². The zero-order valence-electron chi connectivity index (χ0n) is 9.72. The van der Waals surface area contributed by atoms with Crippen LogP contribution in [0.25, 0.3) is 0 Å². The average Bonchev–Trinajstić information content (AvgIpc) is 2.36. The first-order valence-electron chi connectivity index (χ1n) is 5.17. The Bertz CT molecular complexity index is 766. The third kappa shape index (κ3) is 2.79. The van der Waals surface area contributed by atoms with E-state index in [4.69, 9.17) is 12.2 Å². The van der Waals surface area contributed by atoms with Crippen LogP contribution in [0.5, 0.6) is 0 Å². The fraction of sp³-hybridized carbons (Fsp3) is 0.0909. The molecule has 5 nitrogen and oxygen atoms in total. The molecule has 8 heteroatoms. The van der Waals surface area contributed by atoms with E-state index in [-0.39, 0.29) is 16.0 Å². The lowest BCUT2D eigenvalue weighted by atomic mass is 10.2. The number of hydrogen-bond acceptors (Lipinski definition) is 4. The van der Waals surface area contributed by atoms with Gasteiger partial charge in [-0.05, 0) is 31.3 Å². The van der Waals surface area contributed by atoms with Gasteiger partial charge >= 0.3 is 0 Å². The van der Waals surface area contributed by atoms with Gasteiger partial charge in [0.25, 0.3) is 5.56 Å². The van der Waals surface area contributed by atoms with Gasteiger partial charge < -0.3 is 0 Å². The molecule has 0 aliphatic rings. The van der Waals surface area contributed by atoms with E-state index in [1.807, 2.05) is 0 Å². The molecule has 1 aromatic carbocycles.